The lowest BCUT2D eigenvalue weighted by molar-refractivity contribution is -0.170. The zero-order valence-electron chi connectivity index (χ0n) is 21.3. The molecule has 2 rings (SSSR count). The number of aliphatic hydroxyl groups excluding tert-OH is 3. The Morgan fingerprint density at radius 2 is 1.74 bits per heavy atom. The first kappa shape index (κ1) is 29.7. The molecule has 0 aliphatic carbocycles. The highest BCUT2D eigenvalue weighted by atomic mass is 16.6. The molecule has 0 amide bonds. The molecule has 0 bridgehead atoms. The molecule has 9 nitrogen and oxygen atoms in total. The van der Waals surface area contributed by atoms with Gasteiger partial charge in [0.05, 0.1) is 43.7 Å². The summed E-state index contributed by atoms with van der Waals surface area (Å²) in [5.74, 6) is -1.53. The van der Waals surface area contributed by atoms with E-state index in [0.29, 0.717) is 32.5 Å². The summed E-state index contributed by atoms with van der Waals surface area (Å²) in [4.78, 5) is 22.6. The van der Waals surface area contributed by atoms with Gasteiger partial charge >= 0.3 is 11.9 Å². The fraction of sp³-hybridized carbons (Fsp3) is 0.846. The van der Waals surface area contributed by atoms with E-state index in [1.54, 1.807) is 20.8 Å². The van der Waals surface area contributed by atoms with E-state index in [-0.39, 0.29) is 18.3 Å². The lowest BCUT2D eigenvalue weighted by atomic mass is 9.87. The maximum absolute atomic E-state index is 12.1. The summed E-state index contributed by atoms with van der Waals surface area (Å²) >= 11 is 0. The summed E-state index contributed by atoms with van der Waals surface area (Å²) in [6.45, 7) is 5.96. The maximum Gasteiger partial charge on any atom is 0.330 e. The Bertz CT molecular complexity index is 692. The van der Waals surface area contributed by atoms with Crippen LogP contribution in [0.5, 0.6) is 0 Å². The number of aliphatic carboxylic acids is 1. The molecule has 202 valence electrons. The standard InChI is InChI=1S/C26H44O9/c1-16(13-23(30)33-11-9-7-5-4-6-8-10-22(28)29)12-20-25(32)26-19(15-34-20)14-21(35-26)24(31)17(2)18(3)27/h13,17-21,24-27,31-32H,4-12,14-15H2,1-3H3,(H,28,29)/t17-,18-,19-,20-,21+,24-,25-,26+/m0/s1. The number of unbranched alkanes of at least 4 members (excludes halogenated alkanes) is 5. The largest absolute Gasteiger partial charge is 0.481 e. The summed E-state index contributed by atoms with van der Waals surface area (Å²) < 4.78 is 17.1. The fourth-order valence-electron chi connectivity index (χ4n) is 4.78. The van der Waals surface area contributed by atoms with Gasteiger partial charge in [-0.3, -0.25) is 4.79 Å². The normalized spacial score (nSPS) is 29.3. The first-order chi connectivity index (χ1) is 16.6. The van der Waals surface area contributed by atoms with Crippen LogP contribution < -0.4 is 0 Å². The van der Waals surface area contributed by atoms with Crippen LogP contribution in [-0.2, 0) is 23.8 Å². The van der Waals surface area contributed by atoms with Crippen molar-refractivity contribution in [3.63, 3.8) is 0 Å². The molecule has 0 unspecified atom stereocenters. The number of hydrogen-bond acceptors (Lipinski definition) is 8. The number of carbonyl (C=O) groups excluding carboxylic acids is 1. The Kier molecular flexibility index (Phi) is 12.6. The monoisotopic (exact) mass is 500 g/mol. The van der Waals surface area contributed by atoms with E-state index in [0.717, 1.165) is 37.7 Å². The van der Waals surface area contributed by atoms with Gasteiger partial charge in [-0.2, -0.15) is 0 Å². The first-order valence-electron chi connectivity index (χ1n) is 13.0. The van der Waals surface area contributed by atoms with E-state index in [2.05, 4.69) is 0 Å². The Morgan fingerprint density at radius 1 is 1.09 bits per heavy atom. The summed E-state index contributed by atoms with van der Waals surface area (Å²) in [5.41, 5.74) is 0.744. The molecule has 0 aromatic rings. The van der Waals surface area contributed by atoms with Crippen LogP contribution >= 0.6 is 0 Å². The van der Waals surface area contributed by atoms with Gasteiger partial charge in [-0.15, -0.1) is 0 Å². The number of carboxylic acids is 1. The number of rotatable bonds is 15. The van der Waals surface area contributed by atoms with E-state index < -0.39 is 48.6 Å². The van der Waals surface area contributed by atoms with Crippen LogP contribution in [0.25, 0.3) is 0 Å². The van der Waals surface area contributed by atoms with E-state index in [9.17, 15) is 24.9 Å². The van der Waals surface area contributed by atoms with E-state index in [1.165, 1.54) is 6.08 Å². The predicted molar refractivity (Wildman–Crippen MR) is 129 cm³/mol. The van der Waals surface area contributed by atoms with E-state index in [4.69, 9.17) is 19.3 Å². The molecule has 2 aliphatic rings. The second-order valence-corrected chi connectivity index (χ2v) is 10.2. The van der Waals surface area contributed by atoms with E-state index >= 15 is 0 Å². The van der Waals surface area contributed by atoms with Crippen molar-refractivity contribution in [2.45, 2.75) is 115 Å². The van der Waals surface area contributed by atoms with Crippen molar-refractivity contribution in [1.82, 2.24) is 0 Å². The third kappa shape index (κ3) is 9.80. The molecule has 4 N–H and O–H groups in total. The van der Waals surface area contributed by atoms with Crippen molar-refractivity contribution in [2.24, 2.45) is 11.8 Å². The lowest BCUT2D eigenvalue weighted by Gasteiger charge is -2.36. The zero-order valence-corrected chi connectivity index (χ0v) is 21.3. The van der Waals surface area contributed by atoms with Crippen LogP contribution in [0.1, 0.15) is 78.6 Å². The predicted octanol–water partition coefficient (Wildman–Crippen LogP) is 2.59. The minimum absolute atomic E-state index is 0.0199. The van der Waals surface area contributed by atoms with Gasteiger partial charge in [0.1, 0.15) is 6.10 Å². The molecule has 0 radical (unpaired) electrons. The molecule has 8 atom stereocenters. The van der Waals surface area contributed by atoms with Gasteiger partial charge < -0.3 is 34.6 Å². The number of fused-ring (bicyclic) bond motifs is 1. The Hall–Kier alpha value is -1.52. The number of carbonyl (C=O) groups is 2. The van der Waals surface area contributed by atoms with Crippen molar-refractivity contribution in [3.05, 3.63) is 11.6 Å². The minimum atomic E-state index is -0.873. The Morgan fingerprint density at radius 3 is 2.40 bits per heavy atom. The first-order valence-corrected chi connectivity index (χ1v) is 13.0. The van der Waals surface area contributed by atoms with Gasteiger partial charge in [-0.05, 0) is 39.5 Å². The van der Waals surface area contributed by atoms with Crippen molar-refractivity contribution in [1.29, 1.82) is 0 Å². The molecule has 2 aliphatic heterocycles. The lowest BCUT2D eigenvalue weighted by Crippen LogP contribution is -2.48. The van der Waals surface area contributed by atoms with E-state index in [1.807, 2.05) is 0 Å². The van der Waals surface area contributed by atoms with Gasteiger partial charge in [0.2, 0.25) is 0 Å². The second-order valence-electron chi connectivity index (χ2n) is 10.2. The molecule has 0 aromatic carbocycles. The molecular weight excluding hydrogens is 456 g/mol. The van der Waals surface area contributed by atoms with Crippen molar-refractivity contribution in [3.8, 4) is 0 Å². The topological polar surface area (TPSA) is 143 Å². The number of aliphatic hydroxyl groups is 3. The average molecular weight is 501 g/mol. The van der Waals surface area contributed by atoms with Gasteiger partial charge in [0, 0.05) is 24.3 Å². The highest BCUT2D eigenvalue weighted by Gasteiger charge is 2.48. The van der Waals surface area contributed by atoms with Gasteiger partial charge in [0.25, 0.3) is 0 Å². The summed E-state index contributed by atoms with van der Waals surface area (Å²) in [5, 5.41) is 39.7. The summed E-state index contributed by atoms with van der Waals surface area (Å²) in [6, 6.07) is 0. The highest BCUT2D eigenvalue weighted by Crippen LogP contribution is 2.38. The highest BCUT2D eigenvalue weighted by molar-refractivity contribution is 5.82. The van der Waals surface area contributed by atoms with Crippen molar-refractivity contribution in [2.75, 3.05) is 13.2 Å². The molecule has 2 fully saturated rings. The average Bonchev–Trinajstić information content (AvgIpc) is 3.23. The van der Waals surface area contributed by atoms with Crippen LogP contribution in [0.15, 0.2) is 11.6 Å². The third-order valence-electron chi connectivity index (χ3n) is 7.17. The summed E-state index contributed by atoms with van der Waals surface area (Å²) in [6.07, 6.45) is 4.09. The second kappa shape index (κ2) is 14.9. The van der Waals surface area contributed by atoms with Crippen molar-refractivity contribution < 1.29 is 44.2 Å². The number of ether oxygens (including phenoxy) is 3. The van der Waals surface area contributed by atoms with Gasteiger partial charge in [0.15, 0.2) is 0 Å². The van der Waals surface area contributed by atoms with Crippen LogP contribution in [-0.4, -0.2) is 82.2 Å². The fourth-order valence-corrected chi connectivity index (χ4v) is 4.78. The van der Waals surface area contributed by atoms with Crippen LogP contribution in [0.3, 0.4) is 0 Å². The Balaban J connectivity index is 1.68. The van der Waals surface area contributed by atoms with Crippen LogP contribution in [0, 0.1) is 11.8 Å². The molecule has 2 saturated heterocycles. The van der Waals surface area contributed by atoms with Gasteiger partial charge in [-0.1, -0.05) is 38.2 Å². The third-order valence-corrected chi connectivity index (χ3v) is 7.17. The number of hydrogen-bond donors (Lipinski definition) is 4. The maximum atomic E-state index is 12.1. The zero-order chi connectivity index (χ0) is 26.0. The molecule has 9 heteroatoms. The molecule has 2 heterocycles. The molecular formula is C26H44O9. The summed E-state index contributed by atoms with van der Waals surface area (Å²) in [7, 11) is 0. The Labute approximate surface area is 208 Å². The molecule has 0 aromatic heterocycles. The minimum Gasteiger partial charge on any atom is -0.481 e. The quantitative estimate of drug-likeness (QED) is 0.152. The smallest absolute Gasteiger partial charge is 0.330 e. The van der Waals surface area contributed by atoms with Crippen molar-refractivity contribution >= 4 is 11.9 Å². The number of esters is 1. The number of carboxylic acid groups (broad SMARTS) is 1. The molecule has 35 heavy (non-hydrogen) atoms. The SMILES string of the molecule is CC(=CC(=O)OCCCCCCCCC(=O)O)C[C@@H]1OC[C@@H]2C[C@H]([C@@H](O)[C@@H](C)[C@H](C)O)O[C@H]2[C@H]1O. The molecule has 0 saturated carbocycles. The van der Waals surface area contributed by atoms with Gasteiger partial charge in [-0.25, -0.2) is 4.79 Å². The van der Waals surface area contributed by atoms with Crippen LogP contribution in [0.2, 0.25) is 0 Å². The van der Waals surface area contributed by atoms with Crippen LogP contribution in [0.4, 0.5) is 0 Å². The molecule has 0 spiro atoms.